The Morgan fingerprint density at radius 2 is 2.12 bits per heavy atom. The van der Waals surface area contributed by atoms with Crippen molar-refractivity contribution in [2.45, 2.75) is 32.0 Å². The van der Waals surface area contributed by atoms with E-state index in [4.69, 9.17) is 4.98 Å². The number of para-hydroxylation sites is 1. The van der Waals surface area contributed by atoms with Crippen molar-refractivity contribution in [2.24, 2.45) is 0 Å². The number of benzene rings is 1. The zero-order valence-corrected chi connectivity index (χ0v) is 14.5. The molecule has 2 aromatic heterocycles. The Morgan fingerprint density at radius 1 is 1.23 bits per heavy atom. The maximum Gasteiger partial charge on any atom is 0.261 e. The molecule has 1 aliphatic rings. The summed E-state index contributed by atoms with van der Waals surface area (Å²) in [7, 11) is 0. The molecule has 0 bridgehead atoms. The fourth-order valence-corrected chi connectivity index (χ4v) is 3.68. The van der Waals surface area contributed by atoms with Gasteiger partial charge in [0.25, 0.3) is 5.56 Å². The molecule has 1 saturated heterocycles. The molecule has 3 heterocycles. The highest BCUT2D eigenvalue weighted by atomic mass is 16.3. The Kier molecular flexibility index (Phi) is 4.73. The van der Waals surface area contributed by atoms with Gasteiger partial charge < -0.3 is 5.11 Å². The van der Waals surface area contributed by atoms with Gasteiger partial charge >= 0.3 is 0 Å². The Hall–Kier alpha value is -2.64. The van der Waals surface area contributed by atoms with Gasteiger partial charge in [-0.15, -0.1) is 0 Å². The normalized spacial score (nSPS) is 17.8. The van der Waals surface area contributed by atoms with E-state index in [1.54, 1.807) is 23.2 Å². The second kappa shape index (κ2) is 7.31. The van der Waals surface area contributed by atoms with E-state index in [1.807, 2.05) is 24.3 Å². The largest absolute Gasteiger partial charge is 0.395 e. The molecule has 0 saturated carbocycles. The highest BCUT2D eigenvalue weighted by Crippen LogP contribution is 2.32. The van der Waals surface area contributed by atoms with E-state index in [2.05, 4.69) is 14.9 Å². The Labute approximate surface area is 151 Å². The summed E-state index contributed by atoms with van der Waals surface area (Å²) in [5.74, 6) is 0.731. The number of aliphatic hydroxyl groups is 1. The molecule has 1 unspecified atom stereocenters. The monoisotopic (exact) mass is 351 g/mol. The van der Waals surface area contributed by atoms with Gasteiger partial charge in [-0.2, -0.15) is 0 Å². The predicted octanol–water partition coefficient (Wildman–Crippen LogP) is 1.52. The minimum Gasteiger partial charge on any atom is -0.395 e. The Morgan fingerprint density at radius 3 is 2.92 bits per heavy atom. The van der Waals surface area contributed by atoms with E-state index >= 15 is 0 Å². The van der Waals surface area contributed by atoms with Crippen LogP contribution < -0.4 is 5.56 Å². The van der Waals surface area contributed by atoms with Gasteiger partial charge in [0.05, 0.1) is 35.8 Å². The average molecular weight is 351 g/mol. The van der Waals surface area contributed by atoms with Crippen LogP contribution in [0.3, 0.4) is 0 Å². The van der Waals surface area contributed by atoms with E-state index in [1.165, 1.54) is 0 Å². The molecule has 7 heteroatoms. The van der Waals surface area contributed by atoms with Crippen LogP contribution >= 0.6 is 0 Å². The molecular formula is C19H21N5O2. The molecule has 1 fully saturated rings. The van der Waals surface area contributed by atoms with Crippen molar-refractivity contribution in [3.8, 4) is 0 Å². The van der Waals surface area contributed by atoms with Gasteiger partial charge in [-0.1, -0.05) is 12.1 Å². The quantitative estimate of drug-likeness (QED) is 0.750. The van der Waals surface area contributed by atoms with E-state index in [0.29, 0.717) is 17.4 Å². The minimum atomic E-state index is -0.0917. The Bertz CT molecular complexity index is 957. The summed E-state index contributed by atoms with van der Waals surface area (Å²) in [6.07, 6.45) is 5.26. The van der Waals surface area contributed by atoms with E-state index in [-0.39, 0.29) is 24.8 Å². The number of aliphatic hydroxyl groups excluding tert-OH is 1. The second-order valence-electron chi connectivity index (χ2n) is 6.50. The minimum absolute atomic E-state index is 0.0359. The third-order valence-electron chi connectivity index (χ3n) is 4.88. The highest BCUT2D eigenvalue weighted by Gasteiger charge is 2.30. The average Bonchev–Trinajstić information content (AvgIpc) is 3.13. The molecule has 134 valence electrons. The lowest BCUT2D eigenvalue weighted by Gasteiger charge is -2.26. The summed E-state index contributed by atoms with van der Waals surface area (Å²) in [5.41, 5.74) is 1.56. The molecule has 1 aliphatic heterocycles. The fourth-order valence-electron chi connectivity index (χ4n) is 3.68. The first-order chi connectivity index (χ1) is 12.8. The summed E-state index contributed by atoms with van der Waals surface area (Å²) in [4.78, 5) is 28.3. The number of hydrogen-bond donors (Lipinski definition) is 1. The molecule has 1 aromatic carbocycles. The lowest BCUT2D eigenvalue weighted by molar-refractivity contribution is 0.221. The molecule has 1 atom stereocenters. The molecule has 1 N–H and O–H groups in total. The van der Waals surface area contributed by atoms with Crippen molar-refractivity contribution >= 4 is 10.9 Å². The maximum atomic E-state index is 12.9. The van der Waals surface area contributed by atoms with Crippen LogP contribution in [0.5, 0.6) is 0 Å². The molecule has 26 heavy (non-hydrogen) atoms. The number of likely N-dealkylation sites (tertiary alicyclic amines) is 1. The molecule has 0 radical (unpaired) electrons. The van der Waals surface area contributed by atoms with Crippen molar-refractivity contribution in [3.63, 3.8) is 0 Å². The van der Waals surface area contributed by atoms with Crippen molar-refractivity contribution in [1.82, 2.24) is 24.4 Å². The van der Waals surface area contributed by atoms with Crippen LogP contribution in [-0.2, 0) is 13.1 Å². The van der Waals surface area contributed by atoms with Crippen LogP contribution in [0.15, 0.2) is 47.7 Å². The molecule has 4 rings (SSSR count). The van der Waals surface area contributed by atoms with E-state index in [0.717, 1.165) is 30.9 Å². The summed E-state index contributed by atoms with van der Waals surface area (Å²) in [5, 5.41) is 10.1. The van der Waals surface area contributed by atoms with Gasteiger partial charge in [-0.25, -0.2) is 15.0 Å². The van der Waals surface area contributed by atoms with Crippen LogP contribution in [-0.4, -0.2) is 42.7 Å². The smallest absolute Gasteiger partial charge is 0.261 e. The number of fused-ring (bicyclic) bond motifs is 1. The SMILES string of the molecule is O=c1c2ccccc2nc(C2CCCN2Cc2ccncn2)n1CCO. The van der Waals surface area contributed by atoms with Crippen LogP contribution in [0.25, 0.3) is 10.9 Å². The summed E-state index contributed by atoms with van der Waals surface area (Å²) in [6.45, 7) is 1.78. The number of aromatic nitrogens is 4. The standard InChI is InChI=1S/C19H21N5O2/c25-11-10-24-18(22-16-5-2-1-4-15(16)19(24)26)17-6-3-9-23(17)12-14-7-8-20-13-21-14/h1-2,4-5,7-8,13,17,25H,3,6,9-12H2. The predicted molar refractivity (Wildman–Crippen MR) is 97.5 cm³/mol. The van der Waals surface area contributed by atoms with E-state index in [9.17, 15) is 9.90 Å². The fraction of sp³-hybridized carbons (Fsp3) is 0.368. The van der Waals surface area contributed by atoms with E-state index < -0.39 is 0 Å². The zero-order chi connectivity index (χ0) is 17.9. The number of hydrogen-bond acceptors (Lipinski definition) is 6. The molecule has 3 aromatic rings. The third-order valence-corrected chi connectivity index (χ3v) is 4.88. The first-order valence-corrected chi connectivity index (χ1v) is 8.87. The third kappa shape index (κ3) is 3.11. The highest BCUT2D eigenvalue weighted by molar-refractivity contribution is 5.77. The molecular weight excluding hydrogens is 330 g/mol. The summed E-state index contributed by atoms with van der Waals surface area (Å²) < 4.78 is 1.63. The van der Waals surface area contributed by atoms with Crippen molar-refractivity contribution < 1.29 is 5.11 Å². The first-order valence-electron chi connectivity index (χ1n) is 8.87. The van der Waals surface area contributed by atoms with Gasteiger partial charge in [0, 0.05) is 12.7 Å². The zero-order valence-electron chi connectivity index (χ0n) is 14.5. The van der Waals surface area contributed by atoms with Gasteiger partial charge in [-0.3, -0.25) is 14.3 Å². The Balaban J connectivity index is 1.76. The maximum absolute atomic E-state index is 12.9. The van der Waals surface area contributed by atoms with Crippen LogP contribution in [0.4, 0.5) is 0 Å². The molecule has 0 spiro atoms. The summed E-state index contributed by atoms with van der Waals surface area (Å²) in [6, 6.07) is 9.33. The van der Waals surface area contributed by atoms with Crippen LogP contribution in [0.1, 0.15) is 30.4 Å². The number of nitrogens with zero attached hydrogens (tertiary/aromatic N) is 5. The van der Waals surface area contributed by atoms with Crippen LogP contribution in [0.2, 0.25) is 0 Å². The van der Waals surface area contributed by atoms with Gasteiger partial charge in [0.1, 0.15) is 12.2 Å². The molecule has 0 amide bonds. The van der Waals surface area contributed by atoms with Gasteiger partial charge in [0.2, 0.25) is 0 Å². The molecule has 0 aliphatic carbocycles. The van der Waals surface area contributed by atoms with Gasteiger partial charge in [0.15, 0.2) is 0 Å². The summed E-state index contributed by atoms with van der Waals surface area (Å²) >= 11 is 0. The lowest BCUT2D eigenvalue weighted by Crippen LogP contribution is -2.33. The van der Waals surface area contributed by atoms with Crippen LogP contribution in [0, 0.1) is 0 Å². The number of rotatable bonds is 5. The van der Waals surface area contributed by atoms with Crippen molar-refractivity contribution in [3.05, 3.63) is 64.7 Å². The lowest BCUT2D eigenvalue weighted by atomic mass is 10.1. The van der Waals surface area contributed by atoms with Crippen molar-refractivity contribution in [2.75, 3.05) is 13.2 Å². The molecule has 7 nitrogen and oxygen atoms in total. The van der Waals surface area contributed by atoms with Crippen molar-refractivity contribution in [1.29, 1.82) is 0 Å². The van der Waals surface area contributed by atoms with Gasteiger partial charge in [-0.05, 0) is 37.6 Å². The second-order valence-corrected chi connectivity index (χ2v) is 6.50. The topological polar surface area (TPSA) is 84.1 Å². The first kappa shape index (κ1) is 16.8.